The van der Waals surface area contributed by atoms with Gasteiger partial charge in [-0.3, -0.25) is 9.59 Å². The second kappa shape index (κ2) is 7.21. The molecule has 124 valence electrons. The highest BCUT2D eigenvalue weighted by Gasteiger charge is 2.25. The molecule has 2 aromatic rings. The van der Waals surface area contributed by atoms with Gasteiger partial charge in [0.25, 0.3) is 5.91 Å². The zero-order valence-corrected chi connectivity index (χ0v) is 15.0. The Morgan fingerprint density at radius 3 is 2.67 bits per heavy atom. The minimum absolute atomic E-state index is 0.0467. The van der Waals surface area contributed by atoms with Crippen LogP contribution < -0.4 is 10.6 Å². The molecule has 0 saturated carbocycles. The lowest BCUT2D eigenvalue weighted by Crippen LogP contribution is -2.42. The van der Waals surface area contributed by atoms with Gasteiger partial charge < -0.3 is 15.7 Å². The van der Waals surface area contributed by atoms with Gasteiger partial charge in [0.2, 0.25) is 5.91 Å². The fourth-order valence-corrected chi connectivity index (χ4v) is 3.55. The van der Waals surface area contributed by atoms with E-state index >= 15 is 0 Å². The standard InChI is InChI=1S/C18H17IN2O3/c19-15-6-2-1-5-13(15)18(24)20-10-17(23)21-12-8-11-4-3-7-16(22)14(11)9-12/h1-7,12,22H,8-10H2,(H,20,24)(H,21,23). The van der Waals surface area contributed by atoms with Crippen LogP contribution in [-0.2, 0) is 17.6 Å². The van der Waals surface area contributed by atoms with Crippen LogP contribution in [0.3, 0.4) is 0 Å². The summed E-state index contributed by atoms with van der Waals surface area (Å²) < 4.78 is 0.842. The van der Waals surface area contributed by atoms with E-state index in [-0.39, 0.29) is 30.2 Å². The molecule has 3 rings (SSSR count). The first kappa shape index (κ1) is 16.8. The molecule has 2 aromatic carbocycles. The number of benzene rings is 2. The minimum Gasteiger partial charge on any atom is -0.508 e. The molecule has 5 nitrogen and oxygen atoms in total. The Morgan fingerprint density at radius 1 is 1.12 bits per heavy atom. The summed E-state index contributed by atoms with van der Waals surface area (Å²) in [7, 11) is 0. The summed E-state index contributed by atoms with van der Waals surface area (Å²) in [6.45, 7) is -0.0668. The van der Waals surface area contributed by atoms with Gasteiger partial charge in [0.15, 0.2) is 0 Å². The van der Waals surface area contributed by atoms with Crippen LogP contribution in [0.4, 0.5) is 0 Å². The molecule has 0 spiro atoms. The highest BCUT2D eigenvalue weighted by Crippen LogP contribution is 2.29. The zero-order chi connectivity index (χ0) is 17.1. The van der Waals surface area contributed by atoms with Gasteiger partial charge in [-0.1, -0.05) is 24.3 Å². The van der Waals surface area contributed by atoms with Gasteiger partial charge in [0.05, 0.1) is 12.1 Å². The van der Waals surface area contributed by atoms with Gasteiger partial charge >= 0.3 is 0 Å². The van der Waals surface area contributed by atoms with Crippen LogP contribution in [0, 0.1) is 3.57 Å². The SMILES string of the molecule is O=C(CNC(=O)c1ccccc1I)NC1Cc2cccc(O)c2C1. The first-order valence-corrected chi connectivity index (χ1v) is 8.74. The van der Waals surface area contributed by atoms with Crippen LogP contribution in [0.5, 0.6) is 5.75 Å². The van der Waals surface area contributed by atoms with E-state index in [0.29, 0.717) is 18.4 Å². The molecule has 0 fully saturated rings. The number of hydrogen-bond donors (Lipinski definition) is 3. The highest BCUT2D eigenvalue weighted by molar-refractivity contribution is 14.1. The predicted octanol–water partition coefficient (Wildman–Crippen LogP) is 2.01. The smallest absolute Gasteiger partial charge is 0.252 e. The molecule has 3 N–H and O–H groups in total. The second-order valence-electron chi connectivity index (χ2n) is 5.75. The number of aromatic hydroxyl groups is 1. The number of halogens is 1. The number of carbonyl (C=O) groups is 2. The summed E-state index contributed by atoms with van der Waals surface area (Å²) in [5.41, 5.74) is 2.51. The van der Waals surface area contributed by atoms with E-state index in [1.165, 1.54) is 0 Å². The average molecular weight is 436 g/mol. The van der Waals surface area contributed by atoms with Crippen LogP contribution in [0.1, 0.15) is 21.5 Å². The third-order valence-corrected chi connectivity index (χ3v) is 5.00. The molecule has 0 aromatic heterocycles. The van der Waals surface area contributed by atoms with Crippen LogP contribution in [0.15, 0.2) is 42.5 Å². The van der Waals surface area contributed by atoms with Crippen molar-refractivity contribution in [2.45, 2.75) is 18.9 Å². The molecule has 0 bridgehead atoms. The summed E-state index contributed by atoms with van der Waals surface area (Å²) in [5, 5.41) is 15.4. The molecule has 1 aliphatic carbocycles. The van der Waals surface area contributed by atoms with Crippen molar-refractivity contribution in [2.75, 3.05) is 6.54 Å². The van der Waals surface area contributed by atoms with E-state index in [2.05, 4.69) is 33.2 Å². The summed E-state index contributed by atoms with van der Waals surface area (Å²) in [5.74, 6) is -0.217. The number of rotatable bonds is 4. The van der Waals surface area contributed by atoms with Gasteiger partial charge in [0.1, 0.15) is 5.75 Å². The lowest BCUT2D eigenvalue weighted by atomic mass is 10.1. The fourth-order valence-electron chi connectivity index (χ4n) is 2.91. The maximum Gasteiger partial charge on any atom is 0.252 e. The molecule has 1 aliphatic rings. The van der Waals surface area contributed by atoms with E-state index < -0.39 is 0 Å². The molecular weight excluding hydrogens is 419 g/mol. The molecule has 24 heavy (non-hydrogen) atoms. The quantitative estimate of drug-likeness (QED) is 0.642. The summed E-state index contributed by atoms with van der Waals surface area (Å²) >= 11 is 2.09. The fraction of sp³-hybridized carbons (Fsp3) is 0.222. The van der Waals surface area contributed by atoms with Crippen molar-refractivity contribution in [3.05, 3.63) is 62.7 Å². The van der Waals surface area contributed by atoms with Crippen molar-refractivity contribution < 1.29 is 14.7 Å². The number of phenolic OH excluding ortho intramolecular Hbond substituents is 1. The maximum absolute atomic E-state index is 12.1. The second-order valence-corrected chi connectivity index (χ2v) is 6.91. The van der Waals surface area contributed by atoms with Gasteiger partial charge in [-0.25, -0.2) is 0 Å². The monoisotopic (exact) mass is 436 g/mol. The summed E-state index contributed by atoms with van der Waals surface area (Å²) in [4.78, 5) is 24.2. The third-order valence-electron chi connectivity index (χ3n) is 4.06. The molecule has 0 aliphatic heterocycles. The van der Waals surface area contributed by atoms with Gasteiger partial charge in [-0.15, -0.1) is 0 Å². The Balaban J connectivity index is 1.52. The largest absolute Gasteiger partial charge is 0.508 e. The third kappa shape index (κ3) is 3.69. The molecular formula is C18H17IN2O3. The molecule has 0 saturated heterocycles. The number of fused-ring (bicyclic) bond motifs is 1. The van der Waals surface area contributed by atoms with Gasteiger partial charge in [0, 0.05) is 9.61 Å². The number of nitrogens with one attached hydrogen (secondary N) is 2. The topological polar surface area (TPSA) is 78.4 Å². The molecule has 1 unspecified atom stereocenters. The molecule has 1 atom stereocenters. The number of phenols is 1. The Morgan fingerprint density at radius 2 is 1.92 bits per heavy atom. The van der Waals surface area contributed by atoms with Crippen LogP contribution in [0.25, 0.3) is 0 Å². The lowest BCUT2D eigenvalue weighted by Gasteiger charge is -2.13. The van der Waals surface area contributed by atoms with Gasteiger partial charge in [-0.2, -0.15) is 0 Å². The Bertz CT molecular complexity index is 792. The zero-order valence-electron chi connectivity index (χ0n) is 12.9. The van der Waals surface area contributed by atoms with Crippen molar-refractivity contribution >= 4 is 34.4 Å². The van der Waals surface area contributed by atoms with E-state index in [1.807, 2.05) is 18.2 Å². The summed E-state index contributed by atoms with van der Waals surface area (Å²) in [6.07, 6.45) is 1.30. The van der Waals surface area contributed by atoms with Crippen LogP contribution in [0.2, 0.25) is 0 Å². The highest BCUT2D eigenvalue weighted by atomic mass is 127. The number of hydrogen-bond acceptors (Lipinski definition) is 3. The normalized spacial score (nSPS) is 15.6. The number of amides is 2. The Hall–Kier alpha value is -2.09. The van der Waals surface area contributed by atoms with E-state index in [9.17, 15) is 14.7 Å². The van der Waals surface area contributed by atoms with Crippen LogP contribution >= 0.6 is 22.6 Å². The first-order chi connectivity index (χ1) is 11.5. The van der Waals surface area contributed by atoms with Crippen molar-refractivity contribution in [3.8, 4) is 5.75 Å². The molecule has 2 amide bonds. The van der Waals surface area contributed by atoms with Crippen molar-refractivity contribution in [1.29, 1.82) is 0 Å². The Kier molecular flexibility index (Phi) is 5.03. The van der Waals surface area contributed by atoms with E-state index in [0.717, 1.165) is 14.7 Å². The summed E-state index contributed by atoms with van der Waals surface area (Å²) in [6, 6.07) is 12.6. The Labute approximate surface area is 153 Å². The maximum atomic E-state index is 12.1. The molecule has 0 radical (unpaired) electrons. The first-order valence-electron chi connectivity index (χ1n) is 7.66. The molecule has 6 heteroatoms. The van der Waals surface area contributed by atoms with Crippen molar-refractivity contribution in [2.24, 2.45) is 0 Å². The number of carbonyl (C=O) groups excluding carboxylic acids is 2. The van der Waals surface area contributed by atoms with E-state index in [1.54, 1.807) is 24.3 Å². The average Bonchev–Trinajstić information content (AvgIpc) is 2.97. The lowest BCUT2D eigenvalue weighted by molar-refractivity contribution is -0.120. The molecule has 0 heterocycles. The van der Waals surface area contributed by atoms with Crippen molar-refractivity contribution in [3.63, 3.8) is 0 Å². The predicted molar refractivity (Wildman–Crippen MR) is 98.9 cm³/mol. The minimum atomic E-state index is -0.262. The van der Waals surface area contributed by atoms with Gasteiger partial charge in [-0.05, 0) is 64.8 Å². The van der Waals surface area contributed by atoms with Crippen LogP contribution in [-0.4, -0.2) is 29.5 Å². The van der Waals surface area contributed by atoms with Crippen molar-refractivity contribution in [1.82, 2.24) is 10.6 Å². The van der Waals surface area contributed by atoms with E-state index in [4.69, 9.17) is 0 Å².